The second kappa shape index (κ2) is 6.92. The molecule has 2 atom stereocenters. The number of amides is 1. The maximum atomic E-state index is 13.0. The van der Waals surface area contributed by atoms with E-state index in [1.807, 2.05) is 6.07 Å². The number of nitrogens with zero attached hydrogens (tertiary/aromatic N) is 1. The van der Waals surface area contributed by atoms with Crippen molar-refractivity contribution in [2.75, 3.05) is 19.6 Å². The van der Waals surface area contributed by atoms with Crippen LogP contribution in [0.3, 0.4) is 0 Å². The minimum Gasteiger partial charge on any atom is -0.373 e. The highest BCUT2D eigenvalue weighted by atomic mass is 16.5. The van der Waals surface area contributed by atoms with Crippen LogP contribution in [-0.4, -0.2) is 48.2 Å². The van der Waals surface area contributed by atoms with Crippen LogP contribution in [0.25, 0.3) is 10.8 Å². The summed E-state index contributed by atoms with van der Waals surface area (Å²) < 4.78 is 5.85. The second-order valence-corrected chi connectivity index (χ2v) is 8.77. The summed E-state index contributed by atoms with van der Waals surface area (Å²) in [5.74, 6) is 0.0213. The molecule has 4 heteroatoms. The van der Waals surface area contributed by atoms with Crippen molar-refractivity contribution >= 4 is 16.7 Å². The Morgan fingerprint density at radius 1 is 1.11 bits per heavy atom. The van der Waals surface area contributed by atoms with Crippen LogP contribution >= 0.6 is 0 Å². The molecule has 0 radical (unpaired) electrons. The highest BCUT2D eigenvalue weighted by molar-refractivity contribution is 6.09. The quantitative estimate of drug-likeness (QED) is 0.900. The summed E-state index contributed by atoms with van der Waals surface area (Å²) in [5, 5.41) is 5.58. The third kappa shape index (κ3) is 3.48. The van der Waals surface area contributed by atoms with Gasteiger partial charge in [0.1, 0.15) is 0 Å². The van der Waals surface area contributed by atoms with E-state index < -0.39 is 0 Å². The first kappa shape index (κ1) is 18.5. The fraction of sp³-hybridized carbons (Fsp3) is 0.522. The smallest absolute Gasteiger partial charge is 0.251 e. The lowest BCUT2D eigenvalue weighted by molar-refractivity contribution is -0.0948. The Labute approximate surface area is 161 Å². The number of nitrogens with one attached hydrogen (secondary N) is 1. The van der Waals surface area contributed by atoms with E-state index in [9.17, 15) is 4.79 Å². The Kier molecular flexibility index (Phi) is 4.73. The molecule has 144 valence electrons. The molecule has 1 fully saturated rings. The van der Waals surface area contributed by atoms with E-state index in [0.717, 1.165) is 36.9 Å². The lowest BCUT2D eigenvalue weighted by Crippen LogP contribution is -2.58. The highest BCUT2D eigenvalue weighted by Gasteiger charge is 2.33. The summed E-state index contributed by atoms with van der Waals surface area (Å²) in [7, 11) is 0. The lowest BCUT2D eigenvalue weighted by atomic mass is 9.98. The molecule has 2 unspecified atom stereocenters. The molecule has 1 heterocycles. The Balaban J connectivity index is 1.51. The normalized spacial score (nSPS) is 23.0. The van der Waals surface area contributed by atoms with Gasteiger partial charge in [0.15, 0.2) is 0 Å². The van der Waals surface area contributed by atoms with Crippen molar-refractivity contribution < 1.29 is 9.53 Å². The Morgan fingerprint density at radius 3 is 2.48 bits per heavy atom. The summed E-state index contributed by atoms with van der Waals surface area (Å²) in [4.78, 5) is 15.4. The average Bonchev–Trinajstić information content (AvgIpc) is 3.04. The third-order valence-electron chi connectivity index (χ3n) is 6.08. The number of aryl methyl sites for hydroxylation is 2. The largest absolute Gasteiger partial charge is 0.373 e. The highest BCUT2D eigenvalue weighted by Crippen LogP contribution is 2.32. The van der Waals surface area contributed by atoms with E-state index in [0.29, 0.717) is 6.54 Å². The van der Waals surface area contributed by atoms with Crippen LogP contribution in [0, 0.1) is 0 Å². The van der Waals surface area contributed by atoms with Gasteiger partial charge in [0, 0.05) is 30.7 Å². The molecule has 4 nitrogen and oxygen atoms in total. The molecule has 0 bridgehead atoms. The van der Waals surface area contributed by atoms with Gasteiger partial charge in [-0.1, -0.05) is 24.3 Å². The number of carbonyl (C=O) groups is 1. The van der Waals surface area contributed by atoms with Crippen molar-refractivity contribution in [2.45, 2.75) is 58.3 Å². The van der Waals surface area contributed by atoms with E-state index in [1.54, 1.807) is 0 Å². The van der Waals surface area contributed by atoms with Gasteiger partial charge >= 0.3 is 0 Å². The molecule has 2 aromatic carbocycles. The molecule has 0 spiro atoms. The van der Waals surface area contributed by atoms with Gasteiger partial charge in [0.05, 0.1) is 12.2 Å². The molecular formula is C23H30N2O2. The Bertz CT molecular complexity index is 854. The maximum absolute atomic E-state index is 13.0. The van der Waals surface area contributed by atoms with Crippen molar-refractivity contribution in [3.8, 4) is 0 Å². The Morgan fingerprint density at radius 2 is 1.78 bits per heavy atom. The summed E-state index contributed by atoms with van der Waals surface area (Å²) in [6.07, 6.45) is 2.61. The lowest BCUT2D eigenvalue weighted by Gasteiger charge is -2.45. The zero-order valence-corrected chi connectivity index (χ0v) is 16.8. The van der Waals surface area contributed by atoms with E-state index in [-0.39, 0.29) is 23.7 Å². The molecule has 1 aliphatic heterocycles. The number of hydrogen-bond acceptors (Lipinski definition) is 3. The van der Waals surface area contributed by atoms with Gasteiger partial charge in [0.25, 0.3) is 5.91 Å². The predicted molar refractivity (Wildman–Crippen MR) is 109 cm³/mol. The van der Waals surface area contributed by atoms with E-state index in [4.69, 9.17) is 4.74 Å². The Hall–Kier alpha value is -1.91. The fourth-order valence-corrected chi connectivity index (χ4v) is 4.62. The first-order chi connectivity index (χ1) is 12.8. The average molecular weight is 367 g/mol. The standard InChI is InChI=1S/C23H30N2O2/c1-15-12-25(13-16(2)27-15)23(3,4)14-24-22(26)20-11-10-18-9-8-17-6-5-7-19(20)21(17)18/h5-7,10-11,15-16H,8-9,12-14H2,1-4H3,(H,24,26). The second-order valence-electron chi connectivity index (χ2n) is 8.77. The summed E-state index contributed by atoms with van der Waals surface area (Å²) >= 11 is 0. The summed E-state index contributed by atoms with van der Waals surface area (Å²) in [5.41, 5.74) is 3.41. The molecule has 1 aliphatic carbocycles. The van der Waals surface area contributed by atoms with Crippen molar-refractivity contribution in [3.63, 3.8) is 0 Å². The first-order valence-corrected chi connectivity index (χ1v) is 10.1. The summed E-state index contributed by atoms with van der Waals surface area (Å²) in [6.45, 7) is 11.0. The van der Waals surface area contributed by atoms with Crippen LogP contribution in [0.1, 0.15) is 49.2 Å². The molecule has 4 rings (SSSR count). The molecule has 0 aromatic heterocycles. The maximum Gasteiger partial charge on any atom is 0.251 e. The van der Waals surface area contributed by atoms with Gasteiger partial charge < -0.3 is 10.1 Å². The number of carbonyl (C=O) groups excluding carboxylic acids is 1. The van der Waals surface area contributed by atoms with Crippen LogP contribution in [-0.2, 0) is 17.6 Å². The third-order valence-corrected chi connectivity index (χ3v) is 6.08. The topological polar surface area (TPSA) is 41.6 Å². The van der Waals surface area contributed by atoms with Gasteiger partial charge in [0.2, 0.25) is 0 Å². The van der Waals surface area contributed by atoms with E-state index >= 15 is 0 Å². The van der Waals surface area contributed by atoms with Crippen LogP contribution in [0.2, 0.25) is 0 Å². The number of hydrogen-bond donors (Lipinski definition) is 1. The zero-order chi connectivity index (χ0) is 19.2. The zero-order valence-electron chi connectivity index (χ0n) is 16.8. The number of benzene rings is 2. The van der Waals surface area contributed by atoms with E-state index in [2.05, 4.69) is 62.2 Å². The van der Waals surface area contributed by atoms with E-state index in [1.165, 1.54) is 16.5 Å². The number of rotatable bonds is 4. The summed E-state index contributed by atoms with van der Waals surface area (Å²) in [6, 6.07) is 10.5. The molecule has 0 saturated carbocycles. The molecule has 1 saturated heterocycles. The van der Waals surface area contributed by atoms with Crippen LogP contribution in [0.15, 0.2) is 30.3 Å². The van der Waals surface area contributed by atoms with Crippen molar-refractivity contribution in [2.24, 2.45) is 0 Å². The van der Waals surface area contributed by atoms with Crippen LogP contribution in [0.4, 0.5) is 0 Å². The minimum atomic E-state index is -0.114. The first-order valence-electron chi connectivity index (χ1n) is 10.1. The minimum absolute atomic E-state index is 0.0213. The molecule has 1 amide bonds. The molecule has 1 N–H and O–H groups in total. The van der Waals surface area contributed by atoms with Crippen molar-refractivity contribution in [1.29, 1.82) is 0 Å². The van der Waals surface area contributed by atoms with Crippen LogP contribution in [0.5, 0.6) is 0 Å². The number of ether oxygens (including phenoxy) is 1. The monoisotopic (exact) mass is 366 g/mol. The van der Waals surface area contributed by atoms with Gasteiger partial charge in [-0.3, -0.25) is 9.69 Å². The molecule has 2 aliphatic rings. The fourth-order valence-electron chi connectivity index (χ4n) is 4.62. The SMILES string of the molecule is CC1CN(C(C)(C)CNC(=O)c2ccc3c4c(cccc24)CC3)CC(C)O1. The van der Waals surface area contributed by atoms with Crippen molar-refractivity contribution in [3.05, 3.63) is 47.0 Å². The van der Waals surface area contributed by atoms with Gasteiger partial charge in [-0.05, 0) is 68.5 Å². The molecule has 27 heavy (non-hydrogen) atoms. The van der Waals surface area contributed by atoms with Gasteiger partial charge in [-0.25, -0.2) is 0 Å². The van der Waals surface area contributed by atoms with Crippen molar-refractivity contribution in [1.82, 2.24) is 10.2 Å². The molecular weight excluding hydrogens is 336 g/mol. The predicted octanol–water partition coefficient (Wildman–Crippen LogP) is 3.56. The van der Waals surface area contributed by atoms with Gasteiger partial charge in [-0.2, -0.15) is 0 Å². The van der Waals surface area contributed by atoms with Gasteiger partial charge in [-0.15, -0.1) is 0 Å². The molecule has 2 aromatic rings. The van der Waals surface area contributed by atoms with Crippen LogP contribution < -0.4 is 5.32 Å². The number of morpholine rings is 1.